The van der Waals surface area contributed by atoms with Crippen molar-refractivity contribution in [2.75, 3.05) is 19.0 Å². The molecular formula is C19H21NO5. The topological polar surface area (TPSA) is 73.9 Å². The second-order valence-corrected chi connectivity index (χ2v) is 5.23. The molecule has 0 saturated heterocycles. The maximum Gasteiger partial charge on any atom is 0.338 e. The van der Waals surface area contributed by atoms with Gasteiger partial charge in [0.1, 0.15) is 11.5 Å². The van der Waals surface area contributed by atoms with Crippen LogP contribution in [-0.4, -0.2) is 31.7 Å². The highest BCUT2D eigenvalue weighted by Crippen LogP contribution is 2.20. The van der Waals surface area contributed by atoms with Gasteiger partial charge in [-0.05, 0) is 44.2 Å². The van der Waals surface area contributed by atoms with E-state index in [0.29, 0.717) is 29.4 Å². The van der Waals surface area contributed by atoms with Crippen molar-refractivity contribution >= 4 is 17.6 Å². The normalized spacial score (nSPS) is 11.3. The van der Waals surface area contributed by atoms with E-state index < -0.39 is 12.1 Å². The summed E-state index contributed by atoms with van der Waals surface area (Å²) in [7, 11) is 1.56. The van der Waals surface area contributed by atoms with Gasteiger partial charge >= 0.3 is 5.97 Å². The molecule has 0 heterocycles. The first-order chi connectivity index (χ1) is 12.0. The Morgan fingerprint density at radius 1 is 1.08 bits per heavy atom. The molecule has 0 aromatic heterocycles. The van der Waals surface area contributed by atoms with Crippen molar-refractivity contribution in [1.29, 1.82) is 0 Å². The Hall–Kier alpha value is -3.02. The summed E-state index contributed by atoms with van der Waals surface area (Å²) < 4.78 is 15.7. The molecule has 25 heavy (non-hydrogen) atoms. The molecule has 6 nitrogen and oxygen atoms in total. The average molecular weight is 343 g/mol. The van der Waals surface area contributed by atoms with Crippen LogP contribution in [0.15, 0.2) is 48.5 Å². The van der Waals surface area contributed by atoms with Gasteiger partial charge in [0.25, 0.3) is 5.91 Å². The number of rotatable bonds is 7. The van der Waals surface area contributed by atoms with Crippen molar-refractivity contribution in [3.8, 4) is 11.5 Å². The molecule has 0 radical (unpaired) electrons. The zero-order valence-electron chi connectivity index (χ0n) is 14.4. The monoisotopic (exact) mass is 343 g/mol. The van der Waals surface area contributed by atoms with E-state index in [9.17, 15) is 9.59 Å². The molecule has 0 aliphatic carbocycles. The zero-order valence-corrected chi connectivity index (χ0v) is 14.4. The number of amides is 1. The largest absolute Gasteiger partial charge is 0.497 e. The predicted molar refractivity (Wildman–Crippen MR) is 94.1 cm³/mol. The number of ether oxygens (including phenoxy) is 3. The van der Waals surface area contributed by atoms with E-state index in [1.54, 1.807) is 69.5 Å². The fraction of sp³-hybridized carbons (Fsp3) is 0.263. The standard InChI is InChI=1S/C19H21NO5/c1-4-24-19(22)14-7-5-8-15(11-14)20-18(21)13(2)25-17-10-6-9-16(12-17)23-3/h5-13H,4H2,1-3H3,(H,20,21). The van der Waals surface area contributed by atoms with Crippen LogP contribution in [0, 0.1) is 0 Å². The summed E-state index contributed by atoms with van der Waals surface area (Å²) in [6, 6.07) is 13.6. The number of benzene rings is 2. The van der Waals surface area contributed by atoms with Crippen molar-refractivity contribution in [1.82, 2.24) is 0 Å². The van der Waals surface area contributed by atoms with Gasteiger partial charge in [0.15, 0.2) is 6.10 Å². The number of esters is 1. The molecule has 1 unspecified atom stereocenters. The molecule has 0 bridgehead atoms. The Labute approximate surface area is 146 Å². The SMILES string of the molecule is CCOC(=O)c1cccc(NC(=O)C(C)Oc2cccc(OC)c2)c1. The van der Waals surface area contributed by atoms with E-state index in [2.05, 4.69) is 5.32 Å². The molecule has 132 valence electrons. The molecule has 1 amide bonds. The summed E-state index contributed by atoms with van der Waals surface area (Å²) in [6.45, 7) is 3.67. The molecule has 0 saturated carbocycles. The van der Waals surface area contributed by atoms with Gasteiger partial charge in [0.2, 0.25) is 0 Å². The minimum absolute atomic E-state index is 0.292. The summed E-state index contributed by atoms with van der Waals surface area (Å²) in [4.78, 5) is 24.0. The first-order valence-electron chi connectivity index (χ1n) is 7.92. The Kier molecular flexibility index (Phi) is 6.39. The average Bonchev–Trinajstić information content (AvgIpc) is 2.62. The molecule has 0 aliphatic rings. The lowest BCUT2D eigenvalue weighted by atomic mass is 10.2. The first kappa shape index (κ1) is 18.3. The third kappa shape index (κ3) is 5.24. The molecule has 6 heteroatoms. The molecule has 2 rings (SSSR count). The predicted octanol–water partition coefficient (Wildman–Crippen LogP) is 3.28. The molecule has 1 N–H and O–H groups in total. The molecule has 0 fully saturated rings. The van der Waals surface area contributed by atoms with Gasteiger partial charge in [-0.25, -0.2) is 4.79 Å². The van der Waals surface area contributed by atoms with Crippen LogP contribution in [0.1, 0.15) is 24.2 Å². The summed E-state index contributed by atoms with van der Waals surface area (Å²) in [5.41, 5.74) is 0.873. The van der Waals surface area contributed by atoms with Crippen molar-refractivity contribution < 1.29 is 23.8 Å². The number of carbonyl (C=O) groups is 2. The second-order valence-electron chi connectivity index (χ2n) is 5.23. The maximum absolute atomic E-state index is 12.3. The van der Waals surface area contributed by atoms with Gasteiger partial charge in [0.05, 0.1) is 19.3 Å². The third-order valence-corrected chi connectivity index (χ3v) is 3.36. The summed E-state index contributed by atoms with van der Waals surface area (Å²) in [6.07, 6.45) is -0.724. The van der Waals surface area contributed by atoms with Crippen LogP contribution in [0.2, 0.25) is 0 Å². The molecule has 2 aromatic carbocycles. The molecule has 2 aromatic rings. The quantitative estimate of drug-likeness (QED) is 0.781. The number of hydrogen-bond acceptors (Lipinski definition) is 5. The number of nitrogens with one attached hydrogen (secondary N) is 1. The van der Waals surface area contributed by atoms with Crippen molar-refractivity contribution in [2.24, 2.45) is 0 Å². The van der Waals surface area contributed by atoms with Gasteiger partial charge in [-0.3, -0.25) is 4.79 Å². The lowest BCUT2D eigenvalue weighted by molar-refractivity contribution is -0.122. The third-order valence-electron chi connectivity index (χ3n) is 3.36. The highest BCUT2D eigenvalue weighted by Gasteiger charge is 2.16. The van der Waals surface area contributed by atoms with Gasteiger partial charge in [-0.2, -0.15) is 0 Å². The number of methoxy groups -OCH3 is 1. The maximum atomic E-state index is 12.3. The summed E-state index contributed by atoms with van der Waals surface area (Å²) in [5, 5.41) is 2.72. The van der Waals surface area contributed by atoms with E-state index in [-0.39, 0.29) is 5.91 Å². The van der Waals surface area contributed by atoms with Crippen LogP contribution >= 0.6 is 0 Å². The lowest BCUT2D eigenvalue weighted by Crippen LogP contribution is -2.30. The van der Waals surface area contributed by atoms with Gasteiger partial charge in [0, 0.05) is 11.8 Å². The molecule has 1 atom stereocenters. The lowest BCUT2D eigenvalue weighted by Gasteiger charge is -2.15. The van der Waals surface area contributed by atoms with E-state index in [0.717, 1.165) is 0 Å². The van der Waals surface area contributed by atoms with Gasteiger partial charge in [-0.1, -0.05) is 12.1 Å². The van der Waals surface area contributed by atoms with Crippen molar-refractivity contribution in [2.45, 2.75) is 20.0 Å². The fourth-order valence-electron chi connectivity index (χ4n) is 2.11. The van der Waals surface area contributed by atoms with Crippen LogP contribution in [0.5, 0.6) is 11.5 Å². The number of carbonyl (C=O) groups excluding carboxylic acids is 2. The fourth-order valence-corrected chi connectivity index (χ4v) is 2.11. The first-order valence-corrected chi connectivity index (χ1v) is 7.92. The van der Waals surface area contributed by atoms with Crippen LogP contribution in [0.25, 0.3) is 0 Å². The Morgan fingerprint density at radius 2 is 1.80 bits per heavy atom. The van der Waals surface area contributed by atoms with E-state index >= 15 is 0 Å². The van der Waals surface area contributed by atoms with E-state index in [1.165, 1.54) is 0 Å². The van der Waals surface area contributed by atoms with E-state index in [1.807, 2.05) is 0 Å². The van der Waals surface area contributed by atoms with Gasteiger partial charge in [-0.15, -0.1) is 0 Å². The van der Waals surface area contributed by atoms with E-state index in [4.69, 9.17) is 14.2 Å². The highest BCUT2D eigenvalue weighted by molar-refractivity contribution is 5.96. The van der Waals surface area contributed by atoms with Crippen molar-refractivity contribution in [3.05, 3.63) is 54.1 Å². The second kappa shape index (κ2) is 8.73. The smallest absolute Gasteiger partial charge is 0.338 e. The summed E-state index contributed by atoms with van der Waals surface area (Å²) in [5.74, 6) is 0.414. The van der Waals surface area contributed by atoms with Crippen LogP contribution in [0.3, 0.4) is 0 Å². The zero-order chi connectivity index (χ0) is 18.2. The number of hydrogen-bond donors (Lipinski definition) is 1. The Morgan fingerprint density at radius 3 is 2.52 bits per heavy atom. The van der Waals surface area contributed by atoms with Crippen LogP contribution < -0.4 is 14.8 Å². The molecule has 0 spiro atoms. The summed E-state index contributed by atoms with van der Waals surface area (Å²) >= 11 is 0. The highest BCUT2D eigenvalue weighted by atomic mass is 16.5. The minimum Gasteiger partial charge on any atom is -0.497 e. The van der Waals surface area contributed by atoms with Crippen LogP contribution in [0.4, 0.5) is 5.69 Å². The Bertz CT molecular complexity index is 744. The molecule has 0 aliphatic heterocycles. The van der Waals surface area contributed by atoms with Crippen LogP contribution in [-0.2, 0) is 9.53 Å². The minimum atomic E-state index is -0.724. The molecular weight excluding hydrogens is 322 g/mol. The Balaban J connectivity index is 2.01. The van der Waals surface area contributed by atoms with Gasteiger partial charge < -0.3 is 19.5 Å². The van der Waals surface area contributed by atoms with Crippen molar-refractivity contribution in [3.63, 3.8) is 0 Å². The number of anilines is 1.